The van der Waals surface area contributed by atoms with Crippen LogP contribution >= 0.6 is 35.3 Å². The van der Waals surface area contributed by atoms with E-state index in [1.165, 1.54) is 35.2 Å². The fourth-order valence-corrected chi connectivity index (χ4v) is 4.58. The smallest absolute Gasteiger partial charge is 0.235 e. The van der Waals surface area contributed by atoms with Gasteiger partial charge in [0.15, 0.2) is 8.29 Å². The molecule has 1 atom stereocenters. The van der Waals surface area contributed by atoms with E-state index in [0.29, 0.717) is 14.0 Å². The Kier molecular flexibility index (Phi) is 5.08. The summed E-state index contributed by atoms with van der Waals surface area (Å²) < 4.78 is 15.7. The number of thioether (sulfide) groups is 1. The maximum atomic E-state index is 13.0. The summed E-state index contributed by atoms with van der Waals surface area (Å²) in [6.45, 7) is 0. The normalized spacial score (nSPS) is 12.0. The molecule has 3 aromatic rings. The van der Waals surface area contributed by atoms with Crippen LogP contribution in [0.5, 0.6) is 0 Å². The number of nitrogens with zero attached hydrogens (tertiary/aromatic N) is 2. The zero-order valence-electron chi connectivity index (χ0n) is 12.3. The number of aromatic nitrogens is 2. The number of nitrogens with two attached hydrogens (primary N) is 1. The van der Waals surface area contributed by atoms with Crippen LogP contribution in [0.4, 0.5) is 4.39 Å². The van der Waals surface area contributed by atoms with Crippen molar-refractivity contribution in [3.63, 3.8) is 0 Å². The first-order chi connectivity index (χ1) is 11.5. The first-order valence-corrected chi connectivity index (χ1v) is 9.02. The number of amides is 1. The molecule has 1 unspecified atom stereocenters. The van der Waals surface area contributed by atoms with E-state index in [-0.39, 0.29) is 5.82 Å². The Balaban J connectivity index is 1.90. The van der Waals surface area contributed by atoms with Crippen LogP contribution in [0.3, 0.4) is 0 Å². The zero-order valence-corrected chi connectivity index (χ0v) is 14.7. The second-order valence-electron chi connectivity index (χ2n) is 4.83. The average molecular weight is 377 g/mol. The quantitative estimate of drug-likeness (QED) is 0.537. The first-order valence-electron chi connectivity index (χ1n) is 6.91. The number of hydrogen-bond acceptors (Lipinski definition) is 5. The van der Waals surface area contributed by atoms with Gasteiger partial charge in [0, 0.05) is 0 Å². The van der Waals surface area contributed by atoms with Gasteiger partial charge < -0.3 is 5.73 Å². The van der Waals surface area contributed by atoms with E-state index >= 15 is 0 Å². The highest BCUT2D eigenvalue weighted by Gasteiger charge is 2.21. The van der Waals surface area contributed by atoms with Crippen molar-refractivity contribution in [1.29, 1.82) is 0 Å². The standard InChI is InChI=1S/C16H12FN3OS3/c17-11-6-8-12(9-7-11)20-16(22)24-15(19-20)23-13(14(18)21)10-4-2-1-3-5-10/h1-9,13H,(H2,18,21). The molecular formula is C16H12FN3OS3. The predicted molar refractivity (Wildman–Crippen MR) is 96.5 cm³/mol. The summed E-state index contributed by atoms with van der Waals surface area (Å²) in [6.07, 6.45) is 0. The molecule has 4 nitrogen and oxygen atoms in total. The molecule has 3 rings (SSSR count). The summed E-state index contributed by atoms with van der Waals surface area (Å²) in [6, 6.07) is 15.2. The largest absolute Gasteiger partial charge is 0.368 e. The van der Waals surface area contributed by atoms with E-state index in [0.717, 1.165) is 5.56 Å². The Bertz CT molecular complexity index is 906. The van der Waals surface area contributed by atoms with Gasteiger partial charge in [-0.1, -0.05) is 53.4 Å². The number of hydrogen-bond donors (Lipinski definition) is 1. The molecule has 0 aliphatic carbocycles. The first kappa shape index (κ1) is 16.8. The molecule has 1 amide bonds. The summed E-state index contributed by atoms with van der Waals surface area (Å²) in [5.41, 5.74) is 7.01. The van der Waals surface area contributed by atoms with E-state index in [9.17, 15) is 9.18 Å². The van der Waals surface area contributed by atoms with Gasteiger partial charge in [0.1, 0.15) is 11.1 Å². The molecule has 0 aliphatic heterocycles. The van der Waals surface area contributed by atoms with Crippen LogP contribution in [-0.2, 0) is 4.79 Å². The number of carbonyl (C=O) groups excluding carboxylic acids is 1. The Morgan fingerprint density at radius 3 is 2.50 bits per heavy atom. The predicted octanol–water partition coefficient (Wildman–Crippen LogP) is 4.12. The zero-order chi connectivity index (χ0) is 17.1. The van der Waals surface area contributed by atoms with Gasteiger partial charge in [-0.2, -0.15) is 0 Å². The van der Waals surface area contributed by atoms with Gasteiger partial charge in [0.2, 0.25) is 5.91 Å². The third-order valence-electron chi connectivity index (χ3n) is 3.18. The third kappa shape index (κ3) is 3.72. The second kappa shape index (κ2) is 7.25. The van der Waals surface area contributed by atoms with Gasteiger partial charge >= 0.3 is 0 Å². The minimum Gasteiger partial charge on any atom is -0.368 e. The highest BCUT2D eigenvalue weighted by atomic mass is 32.2. The Labute approximate surface area is 151 Å². The molecular weight excluding hydrogens is 365 g/mol. The minimum atomic E-state index is -0.548. The highest BCUT2D eigenvalue weighted by Crippen LogP contribution is 2.36. The second-order valence-corrected chi connectivity index (χ2v) is 7.81. The summed E-state index contributed by atoms with van der Waals surface area (Å²) in [7, 11) is 0. The maximum Gasteiger partial charge on any atom is 0.235 e. The molecule has 8 heteroatoms. The van der Waals surface area contributed by atoms with Crippen LogP contribution < -0.4 is 5.73 Å². The molecule has 2 aromatic carbocycles. The van der Waals surface area contributed by atoms with Crippen LogP contribution in [0.15, 0.2) is 58.9 Å². The molecule has 0 spiro atoms. The lowest BCUT2D eigenvalue weighted by Gasteiger charge is -2.11. The molecule has 24 heavy (non-hydrogen) atoms. The van der Waals surface area contributed by atoms with Crippen LogP contribution in [-0.4, -0.2) is 15.7 Å². The van der Waals surface area contributed by atoms with Crippen molar-refractivity contribution < 1.29 is 9.18 Å². The molecule has 0 bridgehead atoms. The lowest BCUT2D eigenvalue weighted by atomic mass is 10.1. The average Bonchev–Trinajstić information content (AvgIpc) is 2.94. The van der Waals surface area contributed by atoms with Crippen LogP contribution in [0, 0.1) is 9.77 Å². The van der Waals surface area contributed by atoms with Crippen molar-refractivity contribution in [2.75, 3.05) is 0 Å². The Morgan fingerprint density at radius 1 is 1.21 bits per heavy atom. The number of benzene rings is 2. The number of carbonyl (C=O) groups is 1. The molecule has 0 aliphatic rings. The number of primary amides is 1. The molecule has 0 saturated heterocycles. The van der Waals surface area contributed by atoms with Crippen LogP contribution in [0.2, 0.25) is 0 Å². The SMILES string of the molecule is NC(=O)C(Sc1nn(-c2ccc(F)cc2)c(=S)s1)c1ccccc1. The van der Waals surface area contributed by atoms with Crippen LogP contribution in [0.25, 0.3) is 5.69 Å². The summed E-state index contributed by atoms with van der Waals surface area (Å²) >= 11 is 7.85. The lowest BCUT2D eigenvalue weighted by molar-refractivity contribution is -0.117. The fraction of sp³-hybridized carbons (Fsp3) is 0.0625. The molecule has 2 N–H and O–H groups in total. The van der Waals surface area contributed by atoms with Gasteiger partial charge in [-0.25, -0.2) is 9.07 Å². The van der Waals surface area contributed by atoms with E-state index in [4.69, 9.17) is 18.0 Å². The minimum absolute atomic E-state index is 0.326. The molecule has 1 heterocycles. The van der Waals surface area contributed by atoms with Gasteiger partial charge in [0.05, 0.1) is 5.69 Å². The molecule has 0 fully saturated rings. The Morgan fingerprint density at radius 2 is 1.88 bits per heavy atom. The topological polar surface area (TPSA) is 60.9 Å². The van der Waals surface area contributed by atoms with Crippen molar-refractivity contribution in [1.82, 2.24) is 9.78 Å². The van der Waals surface area contributed by atoms with Gasteiger partial charge in [-0.05, 0) is 42.0 Å². The monoisotopic (exact) mass is 377 g/mol. The lowest BCUT2D eigenvalue weighted by Crippen LogP contribution is -2.18. The number of rotatable bonds is 5. The molecule has 0 radical (unpaired) electrons. The van der Waals surface area contributed by atoms with Crippen LogP contribution in [0.1, 0.15) is 10.8 Å². The van der Waals surface area contributed by atoms with Crippen molar-refractivity contribution in [2.24, 2.45) is 5.73 Å². The summed E-state index contributed by atoms with van der Waals surface area (Å²) in [5, 5.41) is 3.87. The molecule has 122 valence electrons. The van der Waals surface area contributed by atoms with Gasteiger partial charge in [-0.15, -0.1) is 5.10 Å². The molecule has 0 saturated carbocycles. The van der Waals surface area contributed by atoms with E-state index < -0.39 is 11.2 Å². The van der Waals surface area contributed by atoms with Crippen molar-refractivity contribution in [3.8, 4) is 5.69 Å². The summed E-state index contributed by atoms with van der Waals surface area (Å²) in [5.74, 6) is -0.770. The highest BCUT2D eigenvalue weighted by molar-refractivity contribution is 8.02. The Hall–Kier alpha value is -2.03. The van der Waals surface area contributed by atoms with E-state index in [2.05, 4.69) is 5.10 Å². The number of halogens is 1. The van der Waals surface area contributed by atoms with E-state index in [1.54, 1.807) is 16.8 Å². The summed E-state index contributed by atoms with van der Waals surface area (Å²) in [4.78, 5) is 11.8. The fourth-order valence-electron chi connectivity index (χ4n) is 2.07. The molecule has 1 aromatic heterocycles. The van der Waals surface area contributed by atoms with Crippen molar-refractivity contribution in [2.45, 2.75) is 9.59 Å². The third-order valence-corrected chi connectivity index (χ3v) is 5.77. The van der Waals surface area contributed by atoms with Crippen molar-refractivity contribution in [3.05, 3.63) is 69.9 Å². The van der Waals surface area contributed by atoms with Crippen molar-refractivity contribution >= 4 is 41.2 Å². The maximum absolute atomic E-state index is 13.0. The van der Waals surface area contributed by atoms with E-state index in [1.807, 2.05) is 30.3 Å². The van der Waals surface area contributed by atoms with Gasteiger partial charge in [-0.3, -0.25) is 4.79 Å². The van der Waals surface area contributed by atoms with Gasteiger partial charge in [0.25, 0.3) is 0 Å².